The van der Waals surface area contributed by atoms with Crippen LogP contribution >= 0.6 is 0 Å². The maximum Gasteiger partial charge on any atom is 0.220 e. The average molecular weight is 209 g/mol. The minimum Gasteiger partial charge on any atom is -0.351 e. The van der Waals surface area contributed by atoms with E-state index in [0.717, 1.165) is 6.42 Å². The molecule has 0 aliphatic rings. The van der Waals surface area contributed by atoms with E-state index >= 15 is 0 Å². The van der Waals surface area contributed by atoms with Crippen molar-refractivity contribution >= 4 is 13.8 Å². The Morgan fingerprint density at radius 3 is 2.07 bits per heavy atom. The van der Waals surface area contributed by atoms with Crippen LogP contribution in [0.25, 0.3) is 0 Å². The summed E-state index contributed by atoms with van der Waals surface area (Å²) in [7, 11) is 5.95. The molecule has 2 radical (unpaired) electrons. The molecule has 0 saturated heterocycles. The summed E-state index contributed by atoms with van der Waals surface area (Å²) in [6.45, 7) is 12.1. The van der Waals surface area contributed by atoms with Crippen LogP contribution in [0.15, 0.2) is 0 Å². The fraction of sp³-hybridized carbons (Fsp3) is 0.917. The van der Waals surface area contributed by atoms with E-state index in [1.807, 2.05) is 41.5 Å². The molecule has 0 aliphatic carbocycles. The number of hydrogen-bond acceptors (Lipinski definition) is 1. The molecular formula is C12H24BNO. The second-order valence-electron chi connectivity index (χ2n) is 6.20. The van der Waals surface area contributed by atoms with E-state index < -0.39 is 0 Å². The largest absolute Gasteiger partial charge is 0.351 e. The van der Waals surface area contributed by atoms with Crippen LogP contribution in [0.2, 0.25) is 5.31 Å². The Morgan fingerprint density at radius 1 is 1.27 bits per heavy atom. The molecule has 0 saturated carbocycles. The highest BCUT2D eigenvalue weighted by Gasteiger charge is 2.26. The molecule has 3 heteroatoms. The van der Waals surface area contributed by atoms with Gasteiger partial charge in [0, 0.05) is 12.0 Å². The fourth-order valence-corrected chi connectivity index (χ4v) is 1.98. The predicted molar refractivity (Wildman–Crippen MR) is 66.1 cm³/mol. The van der Waals surface area contributed by atoms with Gasteiger partial charge in [-0.2, -0.15) is 0 Å². The average Bonchev–Trinajstić information content (AvgIpc) is 1.73. The van der Waals surface area contributed by atoms with E-state index in [1.54, 1.807) is 0 Å². The van der Waals surface area contributed by atoms with Crippen molar-refractivity contribution < 1.29 is 4.79 Å². The normalized spacial score (nSPS) is 13.0. The molecule has 0 aliphatic heterocycles. The van der Waals surface area contributed by atoms with Gasteiger partial charge < -0.3 is 5.32 Å². The van der Waals surface area contributed by atoms with Gasteiger partial charge in [-0.3, -0.25) is 4.79 Å². The number of carbonyl (C=O) groups is 1. The first-order chi connectivity index (χ1) is 6.52. The Hall–Kier alpha value is -0.465. The summed E-state index contributed by atoms with van der Waals surface area (Å²) in [5.74, 6) is 0.505. The van der Waals surface area contributed by atoms with Crippen molar-refractivity contribution in [2.75, 3.05) is 0 Å². The van der Waals surface area contributed by atoms with Gasteiger partial charge in [-0.15, -0.1) is 0 Å². The number of rotatable bonds is 5. The first-order valence-corrected chi connectivity index (χ1v) is 5.62. The van der Waals surface area contributed by atoms with Crippen LogP contribution in [0.5, 0.6) is 0 Å². The van der Waals surface area contributed by atoms with E-state index in [-0.39, 0.29) is 16.8 Å². The molecule has 0 unspecified atom stereocenters. The zero-order chi connectivity index (χ0) is 12.3. The van der Waals surface area contributed by atoms with Crippen LogP contribution in [0.3, 0.4) is 0 Å². The molecule has 2 nitrogen and oxygen atoms in total. The number of nitrogens with one attached hydrogen (secondary N) is 1. The van der Waals surface area contributed by atoms with Crippen molar-refractivity contribution in [2.45, 2.75) is 65.2 Å². The summed E-state index contributed by atoms with van der Waals surface area (Å²) in [5.41, 5.74) is -0.232. The van der Waals surface area contributed by atoms with Crippen LogP contribution in [0.1, 0.15) is 54.4 Å². The first-order valence-electron chi connectivity index (χ1n) is 5.62. The Balaban J connectivity index is 4.19. The van der Waals surface area contributed by atoms with Gasteiger partial charge >= 0.3 is 0 Å². The van der Waals surface area contributed by atoms with Crippen molar-refractivity contribution in [3.63, 3.8) is 0 Å². The highest BCUT2D eigenvalue weighted by molar-refractivity contribution is 6.14. The van der Waals surface area contributed by atoms with Crippen molar-refractivity contribution in [2.24, 2.45) is 5.92 Å². The lowest BCUT2D eigenvalue weighted by atomic mass is 9.66. The third-order valence-corrected chi connectivity index (χ3v) is 1.97. The zero-order valence-corrected chi connectivity index (χ0v) is 11.0. The third kappa shape index (κ3) is 8.52. The highest BCUT2D eigenvalue weighted by Crippen LogP contribution is 2.30. The van der Waals surface area contributed by atoms with Gasteiger partial charge in [-0.25, -0.2) is 0 Å². The van der Waals surface area contributed by atoms with E-state index in [4.69, 9.17) is 7.85 Å². The summed E-state index contributed by atoms with van der Waals surface area (Å²) in [6.07, 6.45) is 1.35. The van der Waals surface area contributed by atoms with Crippen LogP contribution in [-0.2, 0) is 4.79 Å². The lowest BCUT2D eigenvalue weighted by Gasteiger charge is -2.33. The Morgan fingerprint density at radius 2 is 1.73 bits per heavy atom. The topological polar surface area (TPSA) is 29.1 Å². The van der Waals surface area contributed by atoms with E-state index in [1.165, 1.54) is 0 Å². The maximum absolute atomic E-state index is 11.6. The van der Waals surface area contributed by atoms with Gasteiger partial charge in [0.2, 0.25) is 5.91 Å². The standard InChI is InChI=1S/C12H24BNO/c1-9(2)7-10(15)14-12(5,6)8-11(3,4)13/h9H,7-8H2,1-6H3,(H,14,15). The van der Waals surface area contributed by atoms with E-state index in [0.29, 0.717) is 12.3 Å². The molecule has 15 heavy (non-hydrogen) atoms. The summed E-state index contributed by atoms with van der Waals surface area (Å²) >= 11 is 0. The van der Waals surface area contributed by atoms with Gasteiger partial charge in [-0.05, 0) is 26.2 Å². The second-order valence-corrected chi connectivity index (χ2v) is 6.20. The molecule has 0 atom stereocenters. The highest BCUT2D eigenvalue weighted by atomic mass is 16.1. The Labute approximate surface area is 95.6 Å². The lowest BCUT2D eigenvalue weighted by Crippen LogP contribution is -2.45. The van der Waals surface area contributed by atoms with Gasteiger partial charge in [-0.1, -0.05) is 33.0 Å². The minimum absolute atomic E-state index is 0.110. The van der Waals surface area contributed by atoms with Crippen molar-refractivity contribution in [1.82, 2.24) is 5.32 Å². The number of amides is 1. The molecule has 0 spiro atoms. The molecule has 0 aromatic rings. The SMILES string of the molecule is [B]C(C)(C)CC(C)(C)NC(=O)CC(C)C. The minimum atomic E-state index is -0.255. The Bertz CT molecular complexity index is 216. The molecule has 0 heterocycles. The summed E-state index contributed by atoms with van der Waals surface area (Å²) < 4.78 is 0. The second kappa shape index (κ2) is 5.04. The van der Waals surface area contributed by atoms with Crippen molar-refractivity contribution in [3.8, 4) is 0 Å². The summed E-state index contributed by atoms with van der Waals surface area (Å²) in [5, 5.41) is 2.77. The molecular weight excluding hydrogens is 185 g/mol. The maximum atomic E-state index is 11.6. The van der Waals surface area contributed by atoms with Gasteiger partial charge in [0.1, 0.15) is 0 Å². The van der Waals surface area contributed by atoms with Gasteiger partial charge in [0.15, 0.2) is 0 Å². The smallest absolute Gasteiger partial charge is 0.220 e. The predicted octanol–water partition coefficient (Wildman–Crippen LogP) is 2.68. The molecule has 0 aromatic carbocycles. The van der Waals surface area contributed by atoms with E-state index in [2.05, 4.69) is 5.32 Å². The van der Waals surface area contributed by atoms with Crippen molar-refractivity contribution in [1.29, 1.82) is 0 Å². The number of hydrogen-bond donors (Lipinski definition) is 1. The van der Waals surface area contributed by atoms with Crippen LogP contribution in [0.4, 0.5) is 0 Å². The molecule has 0 rings (SSSR count). The quantitative estimate of drug-likeness (QED) is 0.693. The van der Waals surface area contributed by atoms with Crippen LogP contribution in [0, 0.1) is 5.92 Å². The lowest BCUT2D eigenvalue weighted by molar-refractivity contribution is -0.123. The molecule has 1 amide bonds. The zero-order valence-electron chi connectivity index (χ0n) is 11.0. The van der Waals surface area contributed by atoms with Gasteiger partial charge in [0.25, 0.3) is 0 Å². The molecule has 0 fully saturated rings. The molecule has 0 bridgehead atoms. The van der Waals surface area contributed by atoms with Gasteiger partial charge in [0.05, 0.1) is 7.85 Å². The van der Waals surface area contributed by atoms with E-state index in [9.17, 15) is 4.79 Å². The molecule has 86 valence electrons. The summed E-state index contributed by atoms with van der Waals surface area (Å²) in [4.78, 5) is 11.6. The fourth-order valence-electron chi connectivity index (χ4n) is 1.98. The van der Waals surface area contributed by atoms with Crippen LogP contribution in [-0.4, -0.2) is 19.3 Å². The van der Waals surface area contributed by atoms with Crippen LogP contribution < -0.4 is 5.32 Å². The first kappa shape index (κ1) is 14.5. The number of carbonyl (C=O) groups excluding carboxylic acids is 1. The monoisotopic (exact) mass is 209 g/mol. The Kier molecular flexibility index (Phi) is 4.89. The molecule has 1 N–H and O–H groups in total. The summed E-state index contributed by atoms with van der Waals surface area (Å²) in [6, 6.07) is 0. The van der Waals surface area contributed by atoms with Crippen molar-refractivity contribution in [3.05, 3.63) is 0 Å². The third-order valence-electron chi connectivity index (χ3n) is 1.97. The molecule has 0 aromatic heterocycles.